The summed E-state index contributed by atoms with van der Waals surface area (Å²) in [6, 6.07) is 7.53. The summed E-state index contributed by atoms with van der Waals surface area (Å²) >= 11 is 0. The lowest BCUT2D eigenvalue weighted by atomic mass is 9.98. The van der Waals surface area contributed by atoms with Crippen LogP contribution < -0.4 is 10.6 Å². The molecular weight excluding hydrogens is 268 g/mol. The van der Waals surface area contributed by atoms with Crippen molar-refractivity contribution in [2.75, 3.05) is 11.4 Å². The zero-order valence-electron chi connectivity index (χ0n) is 12.5. The van der Waals surface area contributed by atoms with Crippen molar-refractivity contribution < 1.29 is 14.7 Å². The van der Waals surface area contributed by atoms with Crippen LogP contribution in [0, 0.1) is 0 Å². The third-order valence-electron chi connectivity index (χ3n) is 3.78. The fourth-order valence-corrected chi connectivity index (χ4v) is 2.68. The van der Waals surface area contributed by atoms with Gasteiger partial charge in [-0.3, -0.25) is 9.59 Å². The zero-order valence-corrected chi connectivity index (χ0v) is 12.5. The zero-order chi connectivity index (χ0) is 15.6. The lowest BCUT2D eigenvalue weighted by molar-refractivity contribution is -0.137. The third kappa shape index (κ3) is 3.82. The van der Waals surface area contributed by atoms with E-state index in [0.717, 1.165) is 11.3 Å². The number of anilines is 1. The Kier molecular flexibility index (Phi) is 4.32. The Morgan fingerprint density at radius 1 is 1.38 bits per heavy atom. The molecular formula is C16H22N2O3. The summed E-state index contributed by atoms with van der Waals surface area (Å²) in [6.07, 6.45) is 1.02. The molecule has 2 rings (SSSR count). The number of nitrogens with zero attached hydrogens (tertiary/aromatic N) is 1. The van der Waals surface area contributed by atoms with Gasteiger partial charge in [0.15, 0.2) is 0 Å². The van der Waals surface area contributed by atoms with E-state index in [1.807, 2.05) is 38.1 Å². The molecule has 5 nitrogen and oxygen atoms in total. The van der Waals surface area contributed by atoms with Gasteiger partial charge in [0.25, 0.3) is 0 Å². The van der Waals surface area contributed by atoms with Crippen molar-refractivity contribution in [1.82, 2.24) is 0 Å². The van der Waals surface area contributed by atoms with Crippen LogP contribution in [-0.2, 0) is 9.59 Å². The number of aliphatic carboxylic acids is 1. The smallest absolute Gasteiger partial charge is 0.304 e. The van der Waals surface area contributed by atoms with Crippen molar-refractivity contribution in [3.05, 3.63) is 29.8 Å². The van der Waals surface area contributed by atoms with Crippen molar-refractivity contribution in [1.29, 1.82) is 0 Å². The first kappa shape index (κ1) is 15.5. The average molecular weight is 290 g/mol. The van der Waals surface area contributed by atoms with E-state index in [1.54, 1.807) is 4.90 Å². The summed E-state index contributed by atoms with van der Waals surface area (Å²) in [5.41, 5.74) is 7.32. The van der Waals surface area contributed by atoms with Crippen molar-refractivity contribution in [2.45, 2.75) is 44.6 Å². The third-order valence-corrected chi connectivity index (χ3v) is 3.78. The van der Waals surface area contributed by atoms with Gasteiger partial charge in [-0.2, -0.15) is 0 Å². The number of amides is 1. The second-order valence-corrected chi connectivity index (χ2v) is 6.35. The molecule has 1 unspecified atom stereocenters. The first-order valence-corrected chi connectivity index (χ1v) is 7.18. The molecule has 1 aromatic carbocycles. The van der Waals surface area contributed by atoms with Crippen LogP contribution in [0.25, 0.3) is 0 Å². The van der Waals surface area contributed by atoms with Crippen LogP contribution >= 0.6 is 0 Å². The number of nitrogens with two attached hydrogens (primary N) is 1. The molecule has 0 saturated carbocycles. The Labute approximate surface area is 124 Å². The number of para-hydroxylation sites is 1. The number of carboxylic acids is 1. The summed E-state index contributed by atoms with van der Waals surface area (Å²) in [4.78, 5) is 25.1. The summed E-state index contributed by atoms with van der Waals surface area (Å²) in [5.74, 6) is -0.963. The topological polar surface area (TPSA) is 83.6 Å². The van der Waals surface area contributed by atoms with Gasteiger partial charge < -0.3 is 15.7 Å². The van der Waals surface area contributed by atoms with E-state index in [4.69, 9.17) is 10.8 Å². The van der Waals surface area contributed by atoms with Gasteiger partial charge in [-0.15, -0.1) is 0 Å². The molecule has 21 heavy (non-hydrogen) atoms. The van der Waals surface area contributed by atoms with Gasteiger partial charge in [-0.1, -0.05) is 18.2 Å². The molecule has 5 heteroatoms. The largest absolute Gasteiger partial charge is 0.481 e. The number of benzene rings is 1. The monoisotopic (exact) mass is 290 g/mol. The van der Waals surface area contributed by atoms with Gasteiger partial charge in [0.05, 0.1) is 6.42 Å². The Bertz CT molecular complexity index is 549. The molecule has 0 spiro atoms. The molecule has 1 aromatic rings. The maximum absolute atomic E-state index is 12.4. The highest BCUT2D eigenvalue weighted by molar-refractivity contribution is 5.96. The highest BCUT2D eigenvalue weighted by Crippen LogP contribution is 2.38. The predicted octanol–water partition coefficient (Wildman–Crippen LogP) is 2.11. The molecule has 1 aliphatic rings. The van der Waals surface area contributed by atoms with E-state index in [9.17, 15) is 9.59 Å². The number of hydrogen-bond donors (Lipinski definition) is 2. The maximum Gasteiger partial charge on any atom is 0.304 e. The van der Waals surface area contributed by atoms with E-state index in [1.165, 1.54) is 0 Å². The Hall–Kier alpha value is -1.88. The van der Waals surface area contributed by atoms with Crippen LogP contribution in [0.2, 0.25) is 0 Å². The molecule has 114 valence electrons. The number of rotatable bonds is 5. The Balaban J connectivity index is 2.15. The van der Waals surface area contributed by atoms with E-state index >= 15 is 0 Å². The standard InChI is InChI=1S/C16H22N2O3/c1-16(2,17)8-7-14(19)18-10-11(9-15(20)21)12-5-3-4-6-13(12)18/h3-6,11H,7-10,17H2,1-2H3,(H,20,21). The normalized spacial score (nSPS) is 17.7. The number of carbonyl (C=O) groups excluding carboxylic acids is 1. The molecule has 0 radical (unpaired) electrons. The van der Waals surface area contributed by atoms with Crippen molar-refractivity contribution >= 4 is 17.6 Å². The van der Waals surface area contributed by atoms with Gasteiger partial charge in [0.2, 0.25) is 5.91 Å². The first-order valence-electron chi connectivity index (χ1n) is 7.18. The Morgan fingerprint density at radius 3 is 2.67 bits per heavy atom. The van der Waals surface area contributed by atoms with Crippen LogP contribution in [0.3, 0.4) is 0 Å². The maximum atomic E-state index is 12.4. The van der Waals surface area contributed by atoms with Crippen LogP contribution in [0.4, 0.5) is 5.69 Å². The molecule has 1 aliphatic heterocycles. The fraction of sp³-hybridized carbons (Fsp3) is 0.500. The Morgan fingerprint density at radius 2 is 2.05 bits per heavy atom. The summed E-state index contributed by atoms with van der Waals surface area (Å²) in [7, 11) is 0. The molecule has 1 amide bonds. The van der Waals surface area contributed by atoms with Gasteiger partial charge in [-0.25, -0.2) is 0 Å². The van der Waals surface area contributed by atoms with Crippen molar-refractivity contribution in [3.63, 3.8) is 0 Å². The van der Waals surface area contributed by atoms with Gasteiger partial charge in [0, 0.05) is 30.1 Å². The molecule has 0 saturated heterocycles. The van der Waals surface area contributed by atoms with Crippen LogP contribution in [0.15, 0.2) is 24.3 Å². The van der Waals surface area contributed by atoms with Gasteiger partial charge in [-0.05, 0) is 31.9 Å². The quantitative estimate of drug-likeness (QED) is 0.870. The number of carbonyl (C=O) groups is 2. The number of carboxylic acid groups (broad SMARTS) is 1. The predicted molar refractivity (Wildman–Crippen MR) is 81.3 cm³/mol. The average Bonchev–Trinajstić information content (AvgIpc) is 2.74. The molecule has 0 bridgehead atoms. The number of hydrogen-bond acceptors (Lipinski definition) is 3. The van der Waals surface area contributed by atoms with Crippen LogP contribution in [-0.4, -0.2) is 29.1 Å². The fourth-order valence-electron chi connectivity index (χ4n) is 2.68. The van der Waals surface area contributed by atoms with Crippen molar-refractivity contribution in [3.8, 4) is 0 Å². The second-order valence-electron chi connectivity index (χ2n) is 6.35. The first-order chi connectivity index (χ1) is 9.78. The van der Waals surface area contributed by atoms with E-state index in [2.05, 4.69) is 0 Å². The van der Waals surface area contributed by atoms with Gasteiger partial charge in [0.1, 0.15) is 0 Å². The molecule has 1 heterocycles. The highest BCUT2D eigenvalue weighted by Gasteiger charge is 2.33. The molecule has 0 aliphatic carbocycles. The number of fused-ring (bicyclic) bond motifs is 1. The lowest BCUT2D eigenvalue weighted by Crippen LogP contribution is -2.36. The van der Waals surface area contributed by atoms with E-state index in [0.29, 0.717) is 19.4 Å². The minimum Gasteiger partial charge on any atom is -0.481 e. The SMILES string of the molecule is CC(C)(N)CCC(=O)N1CC(CC(=O)O)c2ccccc21. The van der Waals surface area contributed by atoms with Crippen LogP contribution in [0.1, 0.15) is 44.6 Å². The summed E-state index contributed by atoms with van der Waals surface area (Å²) < 4.78 is 0. The lowest BCUT2D eigenvalue weighted by Gasteiger charge is -2.22. The van der Waals surface area contributed by atoms with Gasteiger partial charge >= 0.3 is 5.97 Å². The van der Waals surface area contributed by atoms with Crippen LogP contribution in [0.5, 0.6) is 0 Å². The van der Waals surface area contributed by atoms with Crippen molar-refractivity contribution in [2.24, 2.45) is 5.73 Å². The minimum absolute atomic E-state index is 0.00821. The highest BCUT2D eigenvalue weighted by atomic mass is 16.4. The molecule has 1 atom stereocenters. The minimum atomic E-state index is -0.841. The molecule has 0 aromatic heterocycles. The molecule has 3 N–H and O–H groups in total. The van der Waals surface area contributed by atoms with E-state index < -0.39 is 5.97 Å². The molecule has 0 fully saturated rings. The second kappa shape index (κ2) is 5.85. The van der Waals surface area contributed by atoms with E-state index in [-0.39, 0.29) is 23.8 Å². The summed E-state index contributed by atoms with van der Waals surface area (Å²) in [6.45, 7) is 4.23. The summed E-state index contributed by atoms with van der Waals surface area (Å²) in [5, 5.41) is 9.01.